The maximum atomic E-state index is 11.8. The van der Waals surface area contributed by atoms with Gasteiger partial charge in [-0.25, -0.2) is 0 Å². The molecule has 0 saturated carbocycles. The van der Waals surface area contributed by atoms with Crippen LogP contribution in [0.25, 0.3) is 0 Å². The van der Waals surface area contributed by atoms with E-state index < -0.39 is 0 Å². The van der Waals surface area contributed by atoms with Gasteiger partial charge >= 0.3 is 0 Å². The Morgan fingerprint density at radius 3 is 2.89 bits per heavy atom. The number of hydrogen-bond donors (Lipinski definition) is 2. The Morgan fingerprint density at radius 1 is 1.50 bits per heavy atom. The van der Waals surface area contributed by atoms with Crippen molar-refractivity contribution in [1.29, 1.82) is 0 Å². The van der Waals surface area contributed by atoms with E-state index >= 15 is 0 Å². The van der Waals surface area contributed by atoms with Crippen LogP contribution in [0.4, 0.5) is 10.8 Å². The van der Waals surface area contributed by atoms with Crippen molar-refractivity contribution >= 4 is 39.7 Å². The zero-order chi connectivity index (χ0) is 13.1. The van der Waals surface area contributed by atoms with E-state index in [1.54, 1.807) is 18.2 Å². The van der Waals surface area contributed by atoms with Crippen molar-refractivity contribution in [2.75, 3.05) is 18.2 Å². The molecule has 3 N–H and O–H groups in total. The van der Waals surface area contributed by atoms with Crippen LogP contribution in [0.1, 0.15) is 9.80 Å². The van der Waals surface area contributed by atoms with Crippen molar-refractivity contribution in [3.8, 4) is 5.75 Å². The van der Waals surface area contributed by atoms with Gasteiger partial charge in [-0.2, -0.15) is 0 Å². The number of hydrogen-bond acceptors (Lipinski definition) is 6. The third kappa shape index (κ3) is 2.69. The predicted octanol–water partition coefficient (Wildman–Crippen LogP) is 2.03. The minimum absolute atomic E-state index is 0.196. The van der Waals surface area contributed by atoms with E-state index in [1.165, 1.54) is 7.11 Å². The highest BCUT2D eigenvalue weighted by Crippen LogP contribution is 2.27. The van der Waals surface area contributed by atoms with E-state index in [-0.39, 0.29) is 16.0 Å². The van der Waals surface area contributed by atoms with Crippen molar-refractivity contribution in [3.63, 3.8) is 0 Å². The molecule has 0 unspecified atom stereocenters. The average Bonchev–Trinajstić information content (AvgIpc) is 2.78. The highest BCUT2D eigenvalue weighted by Gasteiger charge is 2.12. The van der Waals surface area contributed by atoms with E-state index in [4.69, 9.17) is 22.1 Å². The van der Waals surface area contributed by atoms with Gasteiger partial charge in [-0.15, -0.1) is 10.2 Å². The first-order valence-electron chi connectivity index (χ1n) is 4.84. The molecule has 0 radical (unpaired) electrons. The molecular formula is C10H9ClN4O2S. The smallest absolute Gasteiger partial charge is 0.286 e. The van der Waals surface area contributed by atoms with Crippen LogP contribution in [0.3, 0.4) is 0 Å². The standard InChI is InChI=1S/C10H9ClN4O2S/c1-17-7-4-5(2-3-6(7)11)13-8(16)9-14-15-10(12)18-9/h2-4H,1H3,(H2,12,15)(H,13,16). The summed E-state index contributed by atoms with van der Waals surface area (Å²) in [7, 11) is 1.50. The molecule has 0 aliphatic heterocycles. The van der Waals surface area contributed by atoms with E-state index in [0.29, 0.717) is 16.5 Å². The first kappa shape index (κ1) is 12.6. The van der Waals surface area contributed by atoms with Crippen LogP contribution in [-0.4, -0.2) is 23.2 Å². The van der Waals surface area contributed by atoms with E-state index in [2.05, 4.69) is 15.5 Å². The Balaban J connectivity index is 2.16. The van der Waals surface area contributed by atoms with Crippen LogP contribution in [0.2, 0.25) is 5.02 Å². The van der Waals surface area contributed by atoms with Gasteiger partial charge in [-0.1, -0.05) is 22.9 Å². The molecule has 1 aromatic carbocycles. The lowest BCUT2D eigenvalue weighted by Gasteiger charge is -2.06. The second-order valence-electron chi connectivity index (χ2n) is 3.25. The number of nitrogens with two attached hydrogens (primary N) is 1. The van der Waals surface area contributed by atoms with Gasteiger partial charge in [0, 0.05) is 11.8 Å². The molecule has 6 nitrogen and oxygen atoms in total. The first-order valence-corrected chi connectivity index (χ1v) is 6.03. The molecule has 0 spiro atoms. The summed E-state index contributed by atoms with van der Waals surface area (Å²) in [5.74, 6) is 0.0971. The summed E-state index contributed by atoms with van der Waals surface area (Å²) in [6.45, 7) is 0. The predicted molar refractivity (Wildman–Crippen MR) is 70.3 cm³/mol. The molecule has 0 atom stereocenters. The number of rotatable bonds is 3. The number of carbonyl (C=O) groups is 1. The van der Waals surface area contributed by atoms with Crippen LogP contribution in [0, 0.1) is 0 Å². The van der Waals surface area contributed by atoms with Crippen molar-refractivity contribution in [1.82, 2.24) is 10.2 Å². The molecule has 1 heterocycles. The van der Waals surface area contributed by atoms with Gasteiger partial charge in [0.15, 0.2) is 0 Å². The van der Waals surface area contributed by atoms with Gasteiger partial charge in [0.05, 0.1) is 12.1 Å². The molecule has 0 aliphatic carbocycles. The quantitative estimate of drug-likeness (QED) is 0.900. The number of methoxy groups -OCH3 is 1. The summed E-state index contributed by atoms with van der Waals surface area (Å²) >= 11 is 6.89. The third-order valence-electron chi connectivity index (χ3n) is 2.04. The molecule has 18 heavy (non-hydrogen) atoms. The number of nitrogens with zero attached hydrogens (tertiary/aromatic N) is 2. The Labute approximate surface area is 112 Å². The summed E-state index contributed by atoms with van der Waals surface area (Å²) in [5.41, 5.74) is 5.95. The molecule has 8 heteroatoms. The summed E-state index contributed by atoms with van der Waals surface area (Å²) in [6, 6.07) is 4.90. The molecule has 2 aromatic rings. The highest BCUT2D eigenvalue weighted by molar-refractivity contribution is 7.16. The van der Waals surface area contributed by atoms with Crippen molar-refractivity contribution in [3.05, 3.63) is 28.2 Å². The number of aromatic nitrogens is 2. The number of nitrogen functional groups attached to an aromatic ring is 1. The topological polar surface area (TPSA) is 90.1 Å². The molecule has 2 rings (SSSR count). The largest absolute Gasteiger partial charge is 0.495 e. The molecule has 0 fully saturated rings. The van der Waals surface area contributed by atoms with Crippen molar-refractivity contribution in [2.45, 2.75) is 0 Å². The van der Waals surface area contributed by atoms with E-state index in [0.717, 1.165) is 11.3 Å². The van der Waals surface area contributed by atoms with Crippen molar-refractivity contribution in [2.24, 2.45) is 0 Å². The fourth-order valence-corrected chi connectivity index (χ4v) is 1.95. The monoisotopic (exact) mass is 284 g/mol. The molecular weight excluding hydrogens is 276 g/mol. The minimum atomic E-state index is -0.381. The average molecular weight is 285 g/mol. The van der Waals surface area contributed by atoms with Crippen LogP contribution in [-0.2, 0) is 0 Å². The lowest BCUT2D eigenvalue weighted by atomic mass is 10.3. The van der Waals surface area contributed by atoms with Crippen molar-refractivity contribution < 1.29 is 9.53 Å². The second-order valence-corrected chi connectivity index (χ2v) is 4.67. The number of ether oxygens (including phenoxy) is 1. The number of anilines is 2. The number of halogens is 1. The number of carbonyl (C=O) groups excluding carboxylic acids is 1. The lowest BCUT2D eigenvalue weighted by molar-refractivity contribution is 0.102. The van der Waals surface area contributed by atoms with E-state index in [1.807, 2.05) is 0 Å². The van der Waals surface area contributed by atoms with Crippen LogP contribution in [0.15, 0.2) is 18.2 Å². The Kier molecular flexibility index (Phi) is 3.63. The molecule has 0 saturated heterocycles. The molecule has 0 aliphatic rings. The van der Waals surface area contributed by atoms with E-state index in [9.17, 15) is 4.79 Å². The first-order chi connectivity index (χ1) is 8.60. The van der Waals surface area contributed by atoms with Crippen LogP contribution < -0.4 is 15.8 Å². The summed E-state index contributed by atoms with van der Waals surface area (Å²) < 4.78 is 5.05. The Bertz CT molecular complexity index is 587. The fraction of sp³-hybridized carbons (Fsp3) is 0.100. The molecule has 0 bridgehead atoms. The maximum Gasteiger partial charge on any atom is 0.286 e. The fourth-order valence-electron chi connectivity index (χ4n) is 1.25. The molecule has 1 aromatic heterocycles. The maximum absolute atomic E-state index is 11.8. The summed E-state index contributed by atoms with van der Waals surface area (Å²) in [6.07, 6.45) is 0. The van der Waals surface area contributed by atoms with Gasteiger partial charge < -0.3 is 15.8 Å². The van der Waals surface area contributed by atoms with Crippen LogP contribution in [0.5, 0.6) is 5.75 Å². The number of benzene rings is 1. The Hall–Kier alpha value is -1.86. The third-order valence-corrected chi connectivity index (χ3v) is 3.11. The highest BCUT2D eigenvalue weighted by atomic mass is 35.5. The zero-order valence-corrected chi connectivity index (χ0v) is 10.9. The number of amides is 1. The SMILES string of the molecule is COc1cc(NC(=O)c2nnc(N)s2)ccc1Cl. The number of nitrogens with one attached hydrogen (secondary N) is 1. The Morgan fingerprint density at radius 2 is 2.28 bits per heavy atom. The summed E-state index contributed by atoms with van der Waals surface area (Å²) in [4.78, 5) is 11.8. The zero-order valence-electron chi connectivity index (χ0n) is 9.31. The van der Waals surface area contributed by atoms with Gasteiger partial charge in [0.1, 0.15) is 5.75 Å². The normalized spacial score (nSPS) is 10.1. The lowest BCUT2D eigenvalue weighted by Crippen LogP contribution is -2.11. The molecule has 94 valence electrons. The van der Waals surface area contributed by atoms with Gasteiger partial charge in [0.25, 0.3) is 5.91 Å². The van der Waals surface area contributed by atoms with Crippen LogP contribution >= 0.6 is 22.9 Å². The van der Waals surface area contributed by atoms with Gasteiger partial charge in [-0.05, 0) is 12.1 Å². The minimum Gasteiger partial charge on any atom is -0.495 e. The second kappa shape index (κ2) is 5.19. The summed E-state index contributed by atoms with van der Waals surface area (Å²) in [5, 5.41) is 10.8. The molecule has 1 amide bonds. The van der Waals surface area contributed by atoms with Gasteiger partial charge in [0.2, 0.25) is 10.1 Å². The van der Waals surface area contributed by atoms with Gasteiger partial charge in [-0.3, -0.25) is 4.79 Å².